The van der Waals surface area contributed by atoms with E-state index in [4.69, 9.17) is 0 Å². The summed E-state index contributed by atoms with van der Waals surface area (Å²) in [5.74, 6) is -0.181. The van der Waals surface area contributed by atoms with Crippen molar-refractivity contribution >= 4 is 21.6 Å². The second kappa shape index (κ2) is 6.53. The van der Waals surface area contributed by atoms with Crippen LogP contribution < -0.4 is 10.6 Å². The molecular formula is C12H19N3O3S. The summed E-state index contributed by atoms with van der Waals surface area (Å²) < 4.78 is 25.4. The Hall–Kier alpha value is -1.60. The molecule has 0 unspecified atom stereocenters. The van der Waals surface area contributed by atoms with Gasteiger partial charge in [-0.25, -0.2) is 12.7 Å². The fourth-order valence-corrected chi connectivity index (χ4v) is 2.53. The van der Waals surface area contributed by atoms with Gasteiger partial charge in [0.1, 0.15) is 4.90 Å². The summed E-state index contributed by atoms with van der Waals surface area (Å²) in [6.45, 7) is 2.40. The minimum atomic E-state index is -3.53. The van der Waals surface area contributed by atoms with Gasteiger partial charge < -0.3 is 10.6 Å². The number of para-hydroxylation sites is 1. The second-order valence-corrected chi connectivity index (χ2v) is 6.21. The highest BCUT2D eigenvalue weighted by atomic mass is 32.2. The lowest BCUT2D eigenvalue weighted by atomic mass is 10.3. The Kier molecular flexibility index (Phi) is 5.31. The fraction of sp³-hybridized carbons (Fsp3) is 0.417. The number of carbonyl (C=O) groups is 1. The van der Waals surface area contributed by atoms with E-state index in [0.717, 1.165) is 4.31 Å². The molecule has 1 aromatic carbocycles. The third kappa shape index (κ3) is 3.93. The molecule has 1 rings (SSSR count). The molecule has 0 aliphatic heterocycles. The molecule has 0 fully saturated rings. The molecule has 106 valence electrons. The zero-order valence-electron chi connectivity index (χ0n) is 11.3. The zero-order chi connectivity index (χ0) is 14.5. The Labute approximate surface area is 113 Å². The van der Waals surface area contributed by atoms with Crippen molar-refractivity contribution in [3.05, 3.63) is 24.3 Å². The molecule has 19 heavy (non-hydrogen) atoms. The summed E-state index contributed by atoms with van der Waals surface area (Å²) in [5.41, 5.74) is 0.419. The Bertz CT molecular complexity index is 541. The van der Waals surface area contributed by atoms with Crippen molar-refractivity contribution in [3.8, 4) is 0 Å². The number of anilines is 1. The van der Waals surface area contributed by atoms with E-state index < -0.39 is 10.0 Å². The van der Waals surface area contributed by atoms with Crippen LogP contribution in [0.1, 0.15) is 6.92 Å². The number of rotatable bonds is 6. The van der Waals surface area contributed by atoms with Crippen LogP contribution in [0, 0.1) is 0 Å². The quantitative estimate of drug-likeness (QED) is 0.797. The largest absolute Gasteiger partial charge is 0.375 e. The monoisotopic (exact) mass is 285 g/mol. The molecular weight excluding hydrogens is 266 g/mol. The maximum absolute atomic E-state index is 12.1. The van der Waals surface area contributed by atoms with Gasteiger partial charge in [0.05, 0.1) is 12.2 Å². The van der Waals surface area contributed by atoms with E-state index in [1.807, 2.05) is 6.92 Å². The number of nitrogens with one attached hydrogen (secondary N) is 2. The van der Waals surface area contributed by atoms with Crippen LogP contribution in [-0.2, 0) is 14.8 Å². The van der Waals surface area contributed by atoms with Crippen LogP contribution in [0.4, 0.5) is 5.69 Å². The number of hydrogen-bond donors (Lipinski definition) is 2. The number of sulfonamides is 1. The normalized spacial score (nSPS) is 11.4. The van der Waals surface area contributed by atoms with Gasteiger partial charge in [0, 0.05) is 20.6 Å². The van der Waals surface area contributed by atoms with E-state index in [1.54, 1.807) is 18.2 Å². The lowest BCUT2D eigenvalue weighted by molar-refractivity contribution is -0.119. The smallest absolute Gasteiger partial charge is 0.244 e. The van der Waals surface area contributed by atoms with Gasteiger partial charge in [-0.05, 0) is 19.1 Å². The summed E-state index contributed by atoms with van der Waals surface area (Å²) in [7, 11) is -0.592. The maximum atomic E-state index is 12.1. The predicted octanol–water partition coefficient (Wildman–Crippen LogP) is 0.485. The molecule has 0 aliphatic rings. The lowest BCUT2D eigenvalue weighted by Crippen LogP contribution is -2.30. The first-order valence-electron chi connectivity index (χ1n) is 5.91. The summed E-state index contributed by atoms with van der Waals surface area (Å²) in [6.07, 6.45) is 0. The van der Waals surface area contributed by atoms with Crippen molar-refractivity contribution in [1.82, 2.24) is 9.62 Å². The van der Waals surface area contributed by atoms with Gasteiger partial charge in [-0.2, -0.15) is 0 Å². The predicted molar refractivity (Wildman–Crippen MR) is 74.5 cm³/mol. The summed E-state index contributed by atoms with van der Waals surface area (Å²) in [6, 6.07) is 6.51. The van der Waals surface area contributed by atoms with Gasteiger partial charge >= 0.3 is 0 Å². The zero-order valence-corrected chi connectivity index (χ0v) is 12.1. The lowest BCUT2D eigenvalue weighted by Gasteiger charge is -2.16. The molecule has 0 spiro atoms. The van der Waals surface area contributed by atoms with Gasteiger partial charge in [-0.1, -0.05) is 12.1 Å². The number of amides is 1. The SMILES string of the molecule is CCNC(=O)CNc1ccccc1S(=O)(=O)N(C)C. The van der Waals surface area contributed by atoms with E-state index in [0.29, 0.717) is 12.2 Å². The van der Waals surface area contributed by atoms with Crippen molar-refractivity contribution in [2.24, 2.45) is 0 Å². The van der Waals surface area contributed by atoms with E-state index >= 15 is 0 Å². The molecule has 1 amide bonds. The first-order valence-corrected chi connectivity index (χ1v) is 7.35. The molecule has 0 radical (unpaired) electrons. The number of carbonyl (C=O) groups excluding carboxylic acids is 1. The molecule has 0 aliphatic carbocycles. The first-order chi connectivity index (χ1) is 8.89. The highest BCUT2D eigenvalue weighted by Gasteiger charge is 2.20. The first kappa shape index (κ1) is 15.5. The van der Waals surface area contributed by atoms with Crippen molar-refractivity contribution in [2.45, 2.75) is 11.8 Å². The van der Waals surface area contributed by atoms with Gasteiger partial charge in [-0.3, -0.25) is 4.79 Å². The van der Waals surface area contributed by atoms with Crippen molar-refractivity contribution in [3.63, 3.8) is 0 Å². The minimum Gasteiger partial charge on any atom is -0.375 e. The van der Waals surface area contributed by atoms with E-state index in [9.17, 15) is 13.2 Å². The molecule has 0 bridgehead atoms. The number of benzene rings is 1. The average molecular weight is 285 g/mol. The Morgan fingerprint density at radius 2 is 1.89 bits per heavy atom. The van der Waals surface area contributed by atoms with Gasteiger partial charge in [-0.15, -0.1) is 0 Å². The highest BCUT2D eigenvalue weighted by Crippen LogP contribution is 2.22. The number of hydrogen-bond acceptors (Lipinski definition) is 4. The molecule has 0 atom stereocenters. The van der Waals surface area contributed by atoms with Crippen molar-refractivity contribution in [1.29, 1.82) is 0 Å². The van der Waals surface area contributed by atoms with Gasteiger partial charge in [0.2, 0.25) is 15.9 Å². The van der Waals surface area contributed by atoms with E-state index in [2.05, 4.69) is 10.6 Å². The van der Waals surface area contributed by atoms with Crippen LogP contribution in [0.2, 0.25) is 0 Å². The van der Waals surface area contributed by atoms with Gasteiger partial charge in [0.15, 0.2) is 0 Å². The Balaban J connectivity index is 2.95. The third-order valence-corrected chi connectivity index (χ3v) is 4.33. The van der Waals surface area contributed by atoms with E-state index in [1.165, 1.54) is 20.2 Å². The summed E-state index contributed by atoms with van der Waals surface area (Å²) >= 11 is 0. The molecule has 7 heteroatoms. The van der Waals surface area contributed by atoms with Crippen LogP contribution in [0.3, 0.4) is 0 Å². The maximum Gasteiger partial charge on any atom is 0.244 e. The highest BCUT2D eigenvalue weighted by molar-refractivity contribution is 7.89. The number of nitrogens with zero attached hydrogens (tertiary/aromatic N) is 1. The topological polar surface area (TPSA) is 78.5 Å². The Morgan fingerprint density at radius 1 is 1.26 bits per heavy atom. The molecule has 0 aromatic heterocycles. The number of likely N-dealkylation sites (N-methyl/N-ethyl adjacent to an activating group) is 1. The van der Waals surface area contributed by atoms with Crippen LogP contribution in [-0.4, -0.2) is 45.8 Å². The molecule has 2 N–H and O–H groups in total. The average Bonchev–Trinajstić information content (AvgIpc) is 2.37. The Morgan fingerprint density at radius 3 is 2.47 bits per heavy atom. The molecule has 0 heterocycles. The molecule has 6 nitrogen and oxygen atoms in total. The van der Waals surface area contributed by atoms with E-state index in [-0.39, 0.29) is 17.3 Å². The molecule has 1 aromatic rings. The second-order valence-electron chi connectivity index (χ2n) is 4.09. The van der Waals surface area contributed by atoms with Crippen LogP contribution in [0.5, 0.6) is 0 Å². The van der Waals surface area contributed by atoms with Crippen LogP contribution in [0.15, 0.2) is 29.2 Å². The van der Waals surface area contributed by atoms with Crippen molar-refractivity contribution in [2.75, 3.05) is 32.5 Å². The standard InChI is InChI=1S/C12H19N3O3S/c1-4-13-12(16)9-14-10-7-5-6-8-11(10)19(17,18)15(2)3/h5-8,14H,4,9H2,1-3H3,(H,13,16). The minimum absolute atomic E-state index is 0.0355. The molecule has 0 saturated carbocycles. The van der Waals surface area contributed by atoms with Crippen LogP contribution in [0.25, 0.3) is 0 Å². The van der Waals surface area contributed by atoms with Gasteiger partial charge in [0.25, 0.3) is 0 Å². The summed E-state index contributed by atoms with van der Waals surface area (Å²) in [4.78, 5) is 11.5. The third-order valence-electron chi connectivity index (χ3n) is 2.46. The van der Waals surface area contributed by atoms with Crippen molar-refractivity contribution < 1.29 is 13.2 Å². The fourth-order valence-electron chi connectivity index (χ4n) is 1.47. The molecule has 0 saturated heterocycles. The van der Waals surface area contributed by atoms with Crippen LogP contribution >= 0.6 is 0 Å². The summed E-state index contributed by atoms with van der Waals surface area (Å²) in [5, 5.41) is 5.48.